The first-order valence-electron chi connectivity index (χ1n) is 6.47. The Kier molecular flexibility index (Phi) is 5.03. The molecule has 2 aromatic carbocycles. The molecule has 2 rings (SSSR count). The standard InChI is InChI=1S/C16H16Cl2FN/c1-3-20-16(12-9-11(17)5-6-14(12)18)13-8-10(2)4-7-15(13)19/h4-9,16,20H,3H2,1-2H3. The summed E-state index contributed by atoms with van der Waals surface area (Å²) in [6.45, 7) is 4.60. The quantitative estimate of drug-likeness (QED) is 0.824. The SMILES string of the molecule is CCNC(c1cc(C)ccc1F)c1cc(Cl)ccc1Cl. The third-order valence-corrected chi connectivity index (χ3v) is 3.72. The van der Waals surface area contributed by atoms with E-state index in [1.54, 1.807) is 24.3 Å². The fourth-order valence-corrected chi connectivity index (χ4v) is 2.62. The van der Waals surface area contributed by atoms with Gasteiger partial charge in [0.1, 0.15) is 5.82 Å². The van der Waals surface area contributed by atoms with E-state index in [1.165, 1.54) is 6.07 Å². The lowest BCUT2D eigenvalue weighted by Crippen LogP contribution is -2.23. The maximum absolute atomic E-state index is 14.1. The normalized spacial score (nSPS) is 12.4. The number of rotatable bonds is 4. The molecular weight excluding hydrogens is 296 g/mol. The second kappa shape index (κ2) is 6.57. The number of aryl methyl sites for hydroxylation is 1. The molecular formula is C16H16Cl2FN. The van der Waals surface area contributed by atoms with Crippen molar-refractivity contribution in [2.24, 2.45) is 0 Å². The fraction of sp³-hybridized carbons (Fsp3) is 0.250. The molecule has 0 spiro atoms. The molecule has 0 heterocycles. The van der Waals surface area contributed by atoms with Crippen LogP contribution in [0.3, 0.4) is 0 Å². The number of hydrogen-bond acceptors (Lipinski definition) is 1. The summed E-state index contributed by atoms with van der Waals surface area (Å²) < 4.78 is 14.1. The van der Waals surface area contributed by atoms with Crippen molar-refractivity contribution in [3.8, 4) is 0 Å². The summed E-state index contributed by atoms with van der Waals surface area (Å²) in [5.74, 6) is -0.252. The van der Waals surface area contributed by atoms with Crippen LogP contribution < -0.4 is 5.32 Å². The van der Waals surface area contributed by atoms with E-state index in [0.29, 0.717) is 22.2 Å². The first-order chi connectivity index (χ1) is 9.52. The van der Waals surface area contributed by atoms with Crippen LogP contribution in [0.25, 0.3) is 0 Å². The fourth-order valence-electron chi connectivity index (χ4n) is 2.21. The largest absolute Gasteiger partial charge is 0.306 e. The van der Waals surface area contributed by atoms with Crippen LogP contribution in [-0.2, 0) is 0 Å². The van der Waals surface area contributed by atoms with E-state index in [-0.39, 0.29) is 11.9 Å². The van der Waals surface area contributed by atoms with Crippen molar-refractivity contribution >= 4 is 23.2 Å². The molecule has 0 bridgehead atoms. The van der Waals surface area contributed by atoms with Gasteiger partial charge in [-0.1, -0.05) is 47.8 Å². The van der Waals surface area contributed by atoms with Crippen LogP contribution in [0.15, 0.2) is 36.4 Å². The Balaban J connectivity index is 2.55. The highest BCUT2D eigenvalue weighted by Gasteiger charge is 2.20. The number of hydrogen-bond donors (Lipinski definition) is 1. The van der Waals surface area contributed by atoms with E-state index in [9.17, 15) is 4.39 Å². The Bertz CT molecular complexity index is 562. The Morgan fingerprint density at radius 1 is 1.10 bits per heavy atom. The number of halogens is 3. The van der Waals surface area contributed by atoms with Crippen LogP contribution in [0.4, 0.5) is 4.39 Å². The predicted octanol–water partition coefficient (Wildman–Crippen LogP) is 5.14. The molecule has 106 valence electrons. The molecule has 1 nitrogen and oxygen atoms in total. The number of benzene rings is 2. The van der Waals surface area contributed by atoms with E-state index >= 15 is 0 Å². The molecule has 1 atom stereocenters. The highest BCUT2D eigenvalue weighted by Crippen LogP contribution is 2.32. The molecule has 0 fully saturated rings. The van der Waals surface area contributed by atoms with Crippen LogP contribution in [0.1, 0.15) is 29.7 Å². The summed E-state index contributed by atoms with van der Waals surface area (Å²) in [5, 5.41) is 4.42. The summed E-state index contributed by atoms with van der Waals surface area (Å²) in [4.78, 5) is 0. The average molecular weight is 312 g/mol. The minimum absolute atomic E-state index is 0.252. The van der Waals surface area contributed by atoms with Gasteiger partial charge in [-0.25, -0.2) is 4.39 Å². The third kappa shape index (κ3) is 3.32. The maximum atomic E-state index is 14.1. The highest BCUT2D eigenvalue weighted by molar-refractivity contribution is 6.33. The lowest BCUT2D eigenvalue weighted by molar-refractivity contribution is 0.558. The summed E-state index contributed by atoms with van der Waals surface area (Å²) in [6, 6.07) is 9.99. The van der Waals surface area contributed by atoms with Crippen molar-refractivity contribution < 1.29 is 4.39 Å². The zero-order chi connectivity index (χ0) is 14.7. The summed E-state index contributed by atoms with van der Waals surface area (Å²) >= 11 is 12.3. The van der Waals surface area contributed by atoms with Gasteiger partial charge in [0.15, 0.2) is 0 Å². The maximum Gasteiger partial charge on any atom is 0.128 e. The van der Waals surface area contributed by atoms with Gasteiger partial charge in [0.05, 0.1) is 6.04 Å². The topological polar surface area (TPSA) is 12.0 Å². The Hall–Kier alpha value is -1.09. The third-order valence-electron chi connectivity index (χ3n) is 3.14. The van der Waals surface area contributed by atoms with Gasteiger partial charge in [-0.05, 0) is 43.3 Å². The lowest BCUT2D eigenvalue weighted by atomic mass is 9.96. The predicted molar refractivity (Wildman–Crippen MR) is 83.1 cm³/mol. The zero-order valence-corrected chi connectivity index (χ0v) is 12.9. The molecule has 1 unspecified atom stereocenters. The summed E-state index contributed by atoms with van der Waals surface area (Å²) in [6.07, 6.45) is 0. The molecule has 0 aliphatic heterocycles. The molecule has 0 aromatic heterocycles. The van der Waals surface area contributed by atoms with E-state index in [2.05, 4.69) is 5.32 Å². The van der Waals surface area contributed by atoms with Crippen LogP contribution in [0, 0.1) is 12.7 Å². The van der Waals surface area contributed by atoms with Crippen molar-refractivity contribution in [2.75, 3.05) is 6.54 Å². The molecule has 0 saturated carbocycles. The van der Waals surface area contributed by atoms with Gasteiger partial charge in [-0.15, -0.1) is 0 Å². The summed E-state index contributed by atoms with van der Waals surface area (Å²) in [5.41, 5.74) is 2.36. The van der Waals surface area contributed by atoms with Crippen molar-refractivity contribution in [1.82, 2.24) is 5.32 Å². The van der Waals surface area contributed by atoms with E-state index in [1.807, 2.05) is 19.9 Å². The van der Waals surface area contributed by atoms with E-state index in [4.69, 9.17) is 23.2 Å². The Morgan fingerprint density at radius 3 is 2.55 bits per heavy atom. The molecule has 1 N–H and O–H groups in total. The molecule has 0 aliphatic rings. The smallest absolute Gasteiger partial charge is 0.128 e. The van der Waals surface area contributed by atoms with Gasteiger partial charge in [0.25, 0.3) is 0 Å². The Labute approximate surface area is 128 Å². The second-order valence-corrected chi connectivity index (χ2v) is 5.53. The molecule has 2 aromatic rings. The van der Waals surface area contributed by atoms with E-state index in [0.717, 1.165) is 11.1 Å². The van der Waals surface area contributed by atoms with Crippen LogP contribution in [-0.4, -0.2) is 6.54 Å². The Morgan fingerprint density at radius 2 is 1.85 bits per heavy atom. The molecule has 0 saturated heterocycles. The first-order valence-corrected chi connectivity index (χ1v) is 7.23. The van der Waals surface area contributed by atoms with Crippen molar-refractivity contribution in [1.29, 1.82) is 0 Å². The molecule has 0 amide bonds. The second-order valence-electron chi connectivity index (χ2n) is 4.68. The van der Waals surface area contributed by atoms with Crippen molar-refractivity contribution in [3.05, 3.63) is 69.0 Å². The monoisotopic (exact) mass is 311 g/mol. The van der Waals surface area contributed by atoms with Crippen LogP contribution in [0.5, 0.6) is 0 Å². The van der Waals surface area contributed by atoms with Gasteiger partial charge in [-0.3, -0.25) is 0 Å². The average Bonchev–Trinajstić information content (AvgIpc) is 2.42. The minimum atomic E-state index is -0.314. The zero-order valence-electron chi connectivity index (χ0n) is 11.4. The van der Waals surface area contributed by atoms with Crippen molar-refractivity contribution in [2.45, 2.75) is 19.9 Å². The molecule has 0 aliphatic carbocycles. The molecule has 20 heavy (non-hydrogen) atoms. The van der Waals surface area contributed by atoms with Crippen LogP contribution >= 0.6 is 23.2 Å². The minimum Gasteiger partial charge on any atom is -0.306 e. The molecule has 4 heteroatoms. The van der Waals surface area contributed by atoms with Gasteiger partial charge >= 0.3 is 0 Å². The lowest BCUT2D eigenvalue weighted by Gasteiger charge is -2.21. The van der Waals surface area contributed by atoms with Gasteiger partial charge < -0.3 is 5.32 Å². The highest BCUT2D eigenvalue weighted by atomic mass is 35.5. The first kappa shape index (κ1) is 15.3. The van der Waals surface area contributed by atoms with Crippen molar-refractivity contribution in [3.63, 3.8) is 0 Å². The number of nitrogens with one attached hydrogen (secondary N) is 1. The summed E-state index contributed by atoms with van der Waals surface area (Å²) in [7, 11) is 0. The van der Waals surface area contributed by atoms with Crippen LogP contribution in [0.2, 0.25) is 10.0 Å². The molecule has 0 radical (unpaired) electrons. The van der Waals surface area contributed by atoms with Gasteiger partial charge in [-0.2, -0.15) is 0 Å². The van der Waals surface area contributed by atoms with Gasteiger partial charge in [0.2, 0.25) is 0 Å². The van der Waals surface area contributed by atoms with E-state index < -0.39 is 0 Å². The van der Waals surface area contributed by atoms with Gasteiger partial charge in [0, 0.05) is 15.6 Å².